The van der Waals surface area contributed by atoms with Gasteiger partial charge < -0.3 is 4.74 Å². The molecule has 0 fully saturated rings. The number of benzene rings is 1. The maximum Gasteiger partial charge on any atom is 0.164 e. The van der Waals surface area contributed by atoms with Crippen LogP contribution in [0.25, 0.3) is 0 Å². The number of nitriles is 1. The van der Waals surface area contributed by atoms with Crippen molar-refractivity contribution in [1.29, 1.82) is 5.26 Å². The normalized spacial score (nSPS) is 9.62. The maximum atomic E-state index is 11.6. The number of hydrogen-bond donors (Lipinski definition) is 0. The van der Waals surface area contributed by atoms with Gasteiger partial charge in [0.15, 0.2) is 5.78 Å². The van der Waals surface area contributed by atoms with Crippen LogP contribution in [0.2, 0.25) is 0 Å². The molecule has 3 heteroatoms. The van der Waals surface area contributed by atoms with E-state index in [0.29, 0.717) is 23.5 Å². The molecule has 0 aliphatic heterocycles. The lowest BCUT2D eigenvalue weighted by Crippen LogP contribution is -2.06. The van der Waals surface area contributed by atoms with Gasteiger partial charge in [0.2, 0.25) is 0 Å². The van der Waals surface area contributed by atoms with Gasteiger partial charge in [-0.15, -0.1) is 0 Å². The van der Waals surface area contributed by atoms with E-state index in [0.717, 1.165) is 12.0 Å². The van der Waals surface area contributed by atoms with Gasteiger partial charge >= 0.3 is 0 Å². The molecule has 0 radical (unpaired) electrons. The Kier molecular flexibility index (Phi) is 4.07. The molecule has 0 N–H and O–H groups in total. The zero-order chi connectivity index (χ0) is 12.1. The second-order valence-corrected chi connectivity index (χ2v) is 3.43. The molecule has 3 nitrogen and oxygen atoms in total. The third-order valence-electron chi connectivity index (χ3n) is 2.38. The highest BCUT2D eigenvalue weighted by Gasteiger charge is 2.17. The number of carbonyl (C=O) groups excluding carboxylic acids is 1. The average molecular weight is 217 g/mol. The summed E-state index contributed by atoms with van der Waals surface area (Å²) in [6.45, 7) is 5.80. The van der Waals surface area contributed by atoms with Gasteiger partial charge in [-0.1, -0.05) is 13.0 Å². The molecular formula is C13H15NO2. The van der Waals surface area contributed by atoms with Gasteiger partial charge in [0.1, 0.15) is 11.8 Å². The molecule has 1 rings (SSSR count). The van der Waals surface area contributed by atoms with Crippen LogP contribution in [0.4, 0.5) is 0 Å². The quantitative estimate of drug-likeness (QED) is 0.728. The lowest BCUT2D eigenvalue weighted by molar-refractivity contribution is 0.101. The summed E-state index contributed by atoms with van der Waals surface area (Å²) in [5.41, 5.74) is 1.75. The van der Waals surface area contributed by atoms with Crippen LogP contribution in [-0.4, -0.2) is 12.4 Å². The Balaban J connectivity index is 3.48. The van der Waals surface area contributed by atoms with E-state index in [2.05, 4.69) is 0 Å². The fourth-order valence-electron chi connectivity index (χ4n) is 1.66. The molecule has 0 amide bonds. The van der Waals surface area contributed by atoms with Gasteiger partial charge in [-0.2, -0.15) is 5.26 Å². The van der Waals surface area contributed by atoms with Crippen molar-refractivity contribution in [3.05, 3.63) is 28.8 Å². The van der Waals surface area contributed by atoms with Gasteiger partial charge in [0.25, 0.3) is 0 Å². The van der Waals surface area contributed by atoms with Crippen LogP contribution in [0.5, 0.6) is 5.75 Å². The van der Waals surface area contributed by atoms with Crippen molar-refractivity contribution in [2.24, 2.45) is 0 Å². The molecule has 0 spiro atoms. The third-order valence-corrected chi connectivity index (χ3v) is 2.38. The van der Waals surface area contributed by atoms with Gasteiger partial charge in [0, 0.05) is 0 Å². The Bertz CT molecular complexity index is 444. The SMILES string of the molecule is CCOc1c(CC)ccc(C#N)c1C(C)=O. The van der Waals surface area contributed by atoms with Gasteiger partial charge in [-0.05, 0) is 31.9 Å². The summed E-state index contributed by atoms with van der Waals surface area (Å²) in [5.74, 6) is 0.437. The summed E-state index contributed by atoms with van der Waals surface area (Å²) in [6, 6.07) is 5.55. The topological polar surface area (TPSA) is 50.1 Å². The Hall–Kier alpha value is -1.82. The number of ether oxygens (including phenoxy) is 1. The van der Waals surface area contributed by atoms with Crippen molar-refractivity contribution in [2.45, 2.75) is 27.2 Å². The first-order valence-electron chi connectivity index (χ1n) is 5.35. The number of carbonyl (C=O) groups is 1. The molecule has 0 heterocycles. The molecule has 16 heavy (non-hydrogen) atoms. The molecule has 1 aromatic rings. The first-order chi connectivity index (χ1) is 7.65. The molecule has 0 unspecified atom stereocenters. The van der Waals surface area contributed by atoms with Crippen molar-refractivity contribution in [1.82, 2.24) is 0 Å². The summed E-state index contributed by atoms with van der Waals surface area (Å²) < 4.78 is 5.49. The molecule has 0 saturated carbocycles. The van der Waals surface area contributed by atoms with Crippen LogP contribution in [0.3, 0.4) is 0 Å². The fourth-order valence-corrected chi connectivity index (χ4v) is 1.66. The zero-order valence-electron chi connectivity index (χ0n) is 9.83. The van der Waals surface area contributed by atoms with E-state index in [1.165, 1.54) is 6.92 Å². The highest BCUT2D eigenvalue weighted by molar-refractivity contribution is 5.99. The van der Waals surface area contributed by atoms with Crippen molar-refractivity contribution in [3.8, 4) is 11.8 Å². The number of hydrogen-bond acceptors (Lipinski definition) is 3. The van der Waals surface area contributed by atoms with E-state index in [9.17, 15) is 4.79 Å². The highest BCUT2D eigenvalue weighted by Crippen LogP contribution is 2.28. The van der Waals surface area contributed by atoms with E-state index in [1.807, 2.05) is 26.0 Å². The molecule has 1 aromatic carbocycles. The summed E-state index contributed by atoms with van der Waals surface area (Å²) in [4.78, 5) is 11.6. The Labute approximate surface area is 95.7 Å². The number of ketones is 1. The molecular weight excluding hydrogens is 202 g/mol. The molecule has 0 saturated heterocycles. The highest BCUT2D eigenvalue weighted by atomic mass is 16.5. The minimum atomic E-state index is -0.129. The van der Waals surface area contributed by atoms with Gasteiger partial charge in [-0.25, -0.2) is 0 Å². The number of aryl methyl sites for hydroxylation is 1. The number of Topliss-reactive ketones (excluding diaryl/α,β-unsaturated/α-hetero) is 1. The van der Waals surface area contributed by atoms with E-state index < -0.39 is 0 Å². The molecule has 84 valence electrons. The summed E-state index contributed by atoms with van der Waals surface area (Å²) in [7, 11) is 0. The fraction of sp³-hybridized carbons (Fsp3) is 0.385. The van der Waals surface area contributed by atoms with Crippen LogP contribution in [0, 0.1) is 11.3 Å². The maximum absolute atomic E-state index is 11.6. The Morgan fingerprint density at radius 2 is 2.12 bits per heavy atom. The largest absolute Gasteiger partial charge is 0.493 e. The van der Waals surface area contributed by atoms with Crippen LogP contribution in [-0.2, 0) is 6.42 Å². The Morgan fingerprint density at radius 3 is 2.56 bits per heavy atom. The third kappa shape index (κ3) is 2.22. The summed E-state index contributed by atoms with van der Waals surface area (Å²) in [6.07, 6.45) is 0.779. The second kappa shape index (κ2) is 5.32. The second-order valence-electron chi connectivity index (χ2n) is 3.43. The van der Waals surface area contributed by atoms with Crippen LogP contribution < -0.4 is 4.74 Å². The molecule has 0 bridgehead atoms. The predicted molar refractivity (Wildman–Crippen MR) is 61.7 cm³/mol. The lowest BCUT2D eigenvalue weighted by atomic mass is 9.99. The Morgan fingerprint density at radius 1 is 1.44 bits per heavy atom. The molecule has 0 aliphatic rings. The smallest absolute Gasteiger partial charge is 0.164 e. The van der Waals surface area contributed by atoms with E-state index >= 15 is 0 Å². The van der Waals surface area contributed by atoms with E-state index in [4.69, 9.17) is 10.00 Å². The lowest BCUT2D eigenvalue weighted by Gasteiger charge is -2.13. The minimum Gasteiger partial charge on any atom is -0.493 e. The van der Waals surface area contributed by atoms with Crippen molar-refractivity contribution in [3.63, 3.8) is 0 Å². The number of rotatable bonds is 4. The van der Waals surface area contributed by atoms with Gasteiger partial charge in [-0.3, -0.25) is 4.79 Å². The van der Waals surface area contributed by atoms with Crippen molar-refractivity contribution in [2.75, 3.05) is 6.61 Å². The van der Waals surface area contributed by atoms with Crippen LogP contribution >= 0.6 is 0 Å². The first-order valence-corrected chi connectivity index (χ1v) is 5.35. The van der Waals surface area contributed by atoms with Crippen molar-refractivity contribution < 1.29 is 9.53 Å². The zero-order valence-corrected chi connectivity index (χ0v) is 9.83. The minimum absolute atomic E-state index is 0.129. The summed E-state index contributed by atoms with van der Waals surface area (Å²) >= 11 is 0. The van der Waals surface area contributed by atoms with Crippen molar-refractivity contribution >= 4 is 5.78 Å². The van der Waals surface area contributed by atoms with Crippen LogP contribution in [0.15, 0.2) is 12.1 Å². The number of nitrogens with zero attached hydrogens (tertiary/aromatic N) is 1. The summed E-state index contributed by atoms with van der Waals surface area (Å²) in [5, 5.41) is 8.97. The standard InChI is InChI=1S/C13H15NO2/c1-4-10-6-7-11(8-14)12(9(3)15)13(10)16-5-2/h6-7H,4-5H2,1-3H3. The molecule has 0 atom stereocenters. The molecule has 0 aromatic heterocycles. The predicted octanol–water partition coefficient (Wildman–Crippen LogP) is 2.72. The monoisotopic (exact) mass is 217 g/mol. The van der Waals surface area contributed by atoms with E-state index in [-0.39, 0.29) is 5.78 Å². The molecule has 0 aliphatic carbocycles. The average Bonchev–Trinajstić information content (AvgIpc) is 2.28. The first kappa shape index (κ1) is 12.3. The van der Waals surface area contributed by atoms with Gasteiger partial charge in [0.05, 0.1) is 17.7 Å². The van der Waals surface area contributed by atoms with E-state index in [1.54, 1.807) is 6.07 Å². The van der Waals surface area contributed by atoms with Crippen LogP contribution in [0.1, 0.15) is 42.3 Å².